The Balaban J connectivity index is 1.54. The van der Waals surface area contributed by atoms with Gasteiger partial charge < -0.3 is 9.64 Å². The molecule has 1 N–H and O–H groups in total. The number of carbonyl (C=O) groups is 1. The van der Waals surface area contributed by atoms with E-state index in [-0.39, 0.29) is 12.0 Å². The third kappa shape index (κ3) is 2.94. The van der Waals surface area contributed by atoms with Crippen LogP contribution in [0.3, 0.4) is 0 Å². The van der Waals surface area contributed by atoms with Gasteiger partial charge in [0.05, 0.1) is 13.2 Å². The van der Waals surface area contributed by atoms with Crippen LogP contribution >= 0.6 is 11.6 Å². The molecule has 5 nitrogen and oxygen atoms in total. The maximum absolute atomic E-state index is 12.9. The molecule has 2 heterocycles. The maximum Gasteiger partial charge on any atom is 0.274 e. The van der Waals surface area contributed by atoms with Crippen molar-refractivity contribution in [2.75, 3.05) is 19.7 Å². The van der Waals surface area contributed by atoms with Gasteiger partial charge in [0.1, 0.15) is 6.10 Å². The first kappa shape index (κ1) is 15.7. The molecule has 0 radical (unpaired) electrons. The topological polar surface area (TPSA) is 58.2 Å². The van der Waals surface area contributed by atoms with Crippen LogP contribution in [-0.2, 0) is 17.6 Å². The highest BCUT2D eigenvalue weighted by Gasteiger charge is 2.30. The van der Waals surface area contributed by atoms with Crippen molar-refractivity contribution in [1.29, 1.82) is 0 Å². The number of benzene rings is 1. The Bertz CT molecular complexity index is 758. The molecule has 1 saturated heterocycles. The molecule has 1 aromatic heterocycles. The molecule has 1 amide bonds. The molecule has 126 valence electrons. The average molecular weight is 346 g/mol. The summed E-state index contributed by atoms with van der Waals surface area (Å²) in [4.78, 5) is 14.8. The third-order valence-corrected chi connectivity index (χ3v) is 5.07. The van der Waals surface area contributed by atoms with Gasteiger partial charge in [-0.2, -0.15) is 5.10 Å². The van der Waals surface area contributed by atoms with E-state index in [4.69, 9.17) is 16.3 Å². The van der Waals surface area contributed by atoms with Gasteiger partial charge in [0, 0.05) is 22.8 Å². The van der Waals surface area contributed by atoms with Crippen molar-refractivity contribution in [3.8, 4) is 0 Å². The van der Waals surface area contributed by atoms with Crippen LogP contribution in [0.15, 0.2) is 24.3 Å². The fourth-order valence-corrected chi connectivity index (χ4v) is 3.75. The zero-order valence-corrected chi connectivity index (χ0v) is 14.2. The number of halogens is 1. The number of hydrogen-bond acceptors (Lipinski definition) is 3. The lowest BCUT2D eigenvalue weighted by Gasteiger charge is -2.33. The third-order valence-electron chi connectivity index (χ3n) is 4.83. The molecule has 1 fully saturated rings. The largest absolute Gasteiger partial charge is 0.370 e. The van der Waals surface area contributed by atoms with E-state index < -0.39 is 0 Å². The Morgan fingerprint density at radius 3 is 3.08 bits per heavy atom. The van der Waals surface area contributed by atoms with Crippen molar-refractivity contribution in [2.24, 2.45) is 0 Å². The molecule has 1 aliphatic heterocycles. The van der Waals surface area contributed by atoms with Gasteiger partial charge in [-0.1, -0.05) is 23.7 Å². The monoisotopic (exact) mass is 345 g/mol. The summed E-state index contributed by atoms with van der Waals surface area (Å²) >= 11 is 6.07. The van der Waals surface area contributed by atoms with Gasteiger partial charge in [0.15, 0.2) is 5.69 Å². The van der Waals surface area contributed by atoms with Crippen molar-refractivity contribution in [2.45, 2.75) is 31.8 Å². The minimum atomic E-state index is -0.142. The molecule has 0 spiro atoms. The van der Waals surface area contributed by atoms with E-state index in [1.54, 1.807) is 0 Å². The van der Waals surface area contributed by atoms with E-state index in [0.29, 0.717) is 30.4 Å². The lowest BCUT2D eigenvalue weighted by atomic mass is 9.95. The van der Waals surface area contributed by atoms with Gasteiger partial charge >= 0.3 is 0 Å². The Labute approximate surface area is 145 Å². The summed E-state index contributed by atoms with van der Waals surface area (Å²) in [5.74, 6) is 0.00438. The van der Waals surface area contributed by atoms with E-state index in [0.717, 1.165) is 42.5 Å². The molecule has 2 aliphatic rings. The zero-order chi connectivity index (χ0) is 16.5. The van der Waals surface area contributed by atoms with E-state index >= 15 is 0 Å². The van der Waals surface area contributed by atoms with Gasteiger partial charge in [-0.15, -0.1) is 0 Å². The number of ether oxygens (including phenoxy) is 1. The fraction of sp³-hybridized carbons (Fsp3) is 0.444. The van der Waals surface area contributed by atoms with Crippen LogP contribution in [-0.4, -0.2) is 40.7 Å². The summed E-state index contributed by atoms with van der Waals surface area (Å²) < 4.78 is 5.85. The van der Waals surface area contributed by atoms with E-state index in [1.807, 2.05) is 29.2 Å². The van der Waals surface area contributed by atoms with Crippen molar-refractivity contribution in [1.82, 2.24) is 15.1 Å². The van der Waals surface area contributed by atoms with Crippen LogP contribution in [0.1, 0.15) is 46.3 Å². The summed E-state index contributed by atoms with van der Waals surface area (Å²) in [5, 5.41) is 8.04. The Morgan fingerprint density at radius 2 is 2.21 bits per heavy atom. The van der Waals surface area contributed by atoms with Gasteiger partial charge in [-0.05, 0) is 43.4 Å². The number of aryl methyl sites for hydroxylation is 1. The number of rotatable bonds is 2. The molecule has 0 saturated carbocycles. The van der Waals surface area contributed by atoms with Gasteiger partial charge in [-0.25, -0.2) is 0 Å². The van der Waals surface area contributed by atoms with Gasteiger partial charge in [0.2, 0.25) is 0 Å². The quantitative estimate of drug-likeness (QED) is 0.909. The number of hydrogen-bond donors (Lipinski definition) is 1. The predicted octanol–water partition coefficient (Wildman–Crippen LogP) is 3.16. The molecule has 24 heavy (non-hydrogen) atoms. The number of aromatic nitrogens is 2. The van der Waals surface area contributed by atoms with Crippen LogP contribution in [0.4, 0.5) is 0 Å². The minimum absolute atomic E-state index is 0.00438. The van der Waals surface area contributed by atoms with Gasteiger partial charge in [-0.3, -0.25) is 9.89 Å². The summed E-state index contributed by atoms with van der Waals surface area (Å²) in [6.07, 6.45) is 4.08. The molecule has 2 aromatic rings. The first-order chi connectivity index (χ1) is 11.7. The predicted molar refractivity (Wildman–Crippen MR) is 91.3 cm³/mol. The number of fused-ring (bicyclic) bond motifs is 1. The first-order valence-corrected chi connectivity index (χ1v) is 8.82. The fourth-order valence-electron chi connectivity index (χ4n) is 3.55. The number of carbonyl (C=O) groups excluding carboxylic acids is 1. The summed E-state index contributed by atoms with van der Waals surface area (Å²) in [5.41, 5.74) is 3.83. The number of aromatic amines is 1. The average Bonchev–Trinajstić information content (AvgIpc) is 3.05. The molecule has 1 unspecified atom stereocenters. The van der Waals surface area contributed by atoms with E-state index in [9.17, 15) is 4.79 Å². The van der Waals surface area contributed by atoms with Crippen LogP contribution in [0.5, 0.6) is 0 Å². The maximum atomic E-state index is 12.9. The van der Waals surface area contributed by atoms with Gasteiger partial charge in [0.25, 0.3) is 5.91 Å². The number of H-pyrrole nitrogens is 1. The van der Waals surface area contributed by atoms with E-state index in [1.165, 1.54) is 0 Å². The lowest BCUT2D eigenvalue weighted by molar-refractivity contribution is -0.0230. The lowest BCUT2D eigenvalue weighted by Crippen LogP contribution is -2.42. The molecule has 0 bridgehead atoms. The highest BCUT2D eigenvalue weighted by Crippen LogP contribution is 2.27. The highest BCUT2D eigenvalue weighted by molar-refractivity contribution is 6.30. The standard InChI is InChI=1S/C18H20ClN3O2/c19-13-5-3-4-12(10-13)16-11-22(8-9-24-16)18(23)17-14-6-1-2-7-15(14)20-21-17/h3-5,10,16H,1-2,6-9,11H2,(H,20,21). The van der Waals surface area contributed by atoms with Crippen LogP contribution in [0.25, 0.3) is 0 Å². The number of morpholine rings is 1. The second-order valence-electron chi connectivity index (χ2n) is 6.40. The molecule has 1 aliphatic carbocycles. The SMILES string of the molecule is O=C(c1n[nH]c2c1CCCC2)N1CCOC(c2cccc(Cl)c2)C1. The minimum Gasteiger partial charge on any atom is -0.370 e. The van der Waals surface area contributed by atoms with Crippen LogP contribution < -0.4 is 0 Å². The summed E-state index contributed by atoms with van der Waals surface area (Å²) in [6, 6.07) is 7.64. The van der Waals surface area contributed by atoms with Crippen molar-refractivity contribution >= 4 is 17.5 Å². The highest BCUT2D eigenvalue weighted by atomic mass is 35.5. The normalized spacial score (nSPS) is 20.7. The van der Waals surface area contributed by atoms with E-state index in [2.05, 4.69) is 10.2 Å². The van der Waals surface area contributed by atoms with Crippen LogP contribution in [0.2, 0.25) is 5.02 Å². The second-order valence-corrected chi connectivity index (χ2v) is 6.84. The summed E-state index contributed by atoms with van der Waals surface area (Å²) in [7, 11) is 0. The molecular formula is C18H20ClN3O2. The van der Waals surface area contributed by atoms with Crippen molar-refractivity contribution < 1.29 is 9.53 Å². The number of nitrogens with zero attached hydrogens (tertiary/aromatic N) is 2. The molecule has 6 heteroatoms. The number of amides is 1. The Hall–Kier alpha value is -1.85. The Morgan fingerprint density at radius 1 is 1.33 bits per heavy atom. The molecule has 1 atom stereocenters. The zero-order valence-electron chi connectivity index (χ0n) is 13.4. The molecule has 1 aromatic carbocycles. The molecular weight excluding hydrogens is 326 g/mol. The number of nitrogens with one attached hydrogen (secondary N) is 1. The second kappa shape index (κ2) is 6.57. The van der Waals surface area contributed by atoms with Crippen molar-refractivity contribution in [3.63, 3.8) is 0 Å². The van der Waals surface area contributed by atoms with Crippen LogP contribution in [0, 0.1) is 0 Å². The molecule has 4 rings (SSSR count). The van der Waals surface area contributed by atoms with Crippen molar-refractivity contribution in [3.05, 3.63) is 51.8 Å². The first-order valence-electron chi connectivity index (χ1n) is 8.45. The smallest absolute Gasteiger partial charge is 0.274 e. The Kier molecular flexibility index (Phi) is 4.29. The summed E-state index contributed by atoms with van der Waals surface area (Å²) in [6.45, 7) is 1.65.